The minimum Gasteiger partial charge on any atom is -0.332 e. The van der Waals surface area contributed by atoms with Gasteiger partial charge in [0.25, 0.3) is 5.89 Å². The fourth-order valence-electron chi connectivity index (χ4n) is 2.86. The third-order valence-electron chi connectivity index (χ3n) is 4.15. The van der Waals surface area contributed by atoms with Gasteiger partial charge in [0.1, 0.15) is 11.4 Å². The Morgan fingerprint density at radius 3 is 2.43 bits per heavy atom. The van der Waals surface area contributed by atoms with E-state index >= 15 is 0 Å². The fourth-order valence-corrected chi connectivity index (χ4v) is 2.86. The van der Waals surface area contributed by atoms with Crippen molar-refractivity contribution in [2.24, 2.45) is 0 Å². The Morgan fingerprint density at radius 2 is 1.64 bits per heavy atom. The first-order chi connectivity index (χ1) is 13.9. The maximum Gasteiger partial charge on any atom is 0.276 e. The number of aromatic nitrogens is 7. The molecule has 134 valence electrons. The number of hydrogen-bond donors (Lipinski definition) is 0. The quantitative estimate of drug-likeness (QED) is 0.480. The van der Waals surface area contributed by atoms with Crippen LogP contribution in [0.25, 0.3) is 40.0 Å². The Balaban J connectivity index is 1.67. The predicted molar refractivity (Wildman–Crippen MR) is 101 cm³/mol. The SMILES string of the molecule is c1ccc(-n2nnc(-c3noc(-c4ccccn4)n3)c2-c2ccncc2)cc1. The van der Waals surface area contributed by atoms with Gasteiger partial charge in [-0.25, -0.2) is 4.68 Å². The van der Waals surface area contributed by atoms with E-state index in [0.29, 0.717) is 23.1 Å². The first-order valence-corrected chi connectivity index (χ1v) is 8.57. The van der Waals surface area contributed by atoms with E-state index in [1.54, 1.807) is 23.3 Å². The summed E-state index contributed by atoms with van der Waals surface area (Å²) in [4.78, 5) is 12.8. The average molecular weight is 367 g/mol. The number of pyridine rings is 2. The number of benzene rings is 1. The third-order valence-corrected chi connectivity index (χ3v) is 4.15. The lowest BCUT2D eigenvalue weighted by molar-refractivity contribution is 0.431. The summed E-state index contributed by atoms with van der Waals surface area (Å²) in [6.07, 6.45) is 5.11. The topological polar surface area (TPSA) is 95.4 Å². The van der Waals surface area contributed by atoms with E-state index in [1.807, 2.05) is 60.7 Å². The summed E-state index contributed by atoms with van der Waals surface area (Å²) < 4.78 is 7.15. The zero-order chi connectivity index (χ0) is 18.8. The molecule has 8 nitrogen and oxygen atoms in total. The lowest BCUT2D eigenvalue weighted by atomic mass is 10.1. The van der Waals surface area contributed by atoms with Gasteiger partial charge in [-0.2, -0.15) is 4.98 Å². The highest BCUT2D eigenvalue weighted by molar-refractivity contribution is 5.76. The lowest BCUT2D eigenvalue weighted by Crippen LogP contribution is -1.99. The summed E-state index contributed by atoms with van der Waals surface area (Å²) in [5, 5.41) is 12.8. The molecule has 4 aromatic heterocycles. The summed E-state index contributed by atoms with van der Waals surface area (Å²) >= 11 is 0. The first kappa shape index (κ1) is 16.0. The number of hydrogen-bond acceptors (Lipinski definition) is 7. The number of rotatable bonds is 4. The van der Waals surface area contributed by atoms with Crippen molar-refractivity contribution in [2.75, 3.05) is 0 Å². The lowest BCUT2D eigenvalue weighted by Gasteiger charge is -2.07. The van der Waals surface area contributed by atoms with Gasteiger partial charge in [-0.1, -0.05) is 34.6 Å². The summed E-state index contributed by atoms with van der Waals surface area (Å²) in [6, 6.07) is 19.0. The van der Waals surface area contributed by atoms with Crippen LogP contribution in [0.5, 0.6) is 0 Å². The molecule has 1 aromatic carbocycles. The molecular weight excluding hydrogens is 354 g/mol. The zero-order valence-electron chi connectivity index (χ0n) is 14.5. The summed E-state index contributed by atoms with van der Waals surface area (Å²) in [5.74, 6) is 0.667. The van der Waals surface area contributed by atoms with Crippen molar-refractivity contribution >= 4 is 0 Å². The molecule has 0 bridgehead atoms. The van der Waals surface area contributed by atoms with Crippen LogP contribution in [-0.4, -0.2) is 35.1 Å². The molecular formula is C20H13N7O. The second-order valence-corrected chi connectivity index (χ2v) is 5.91. The van der Waals surface area contributed by atoms with Gasteiger partial charge < -0.3 is 4.52 Å². The number of para-hydroxylation sites is 1. The molecule has 0 spiro atoms. The van der Waals surface area contributed by atoms with Crippen molar-refractivity contribution in [1.29, 1.82) is 0 Å². The van der Waals surface area contributed by atoms with E-state index in [9.17, 15) is 0 Å². The first-order valence-electron chi connectivity index (χ1n) is 8.57. The van der Waals surface area contributed by atoms with E-state index in [4.69, 9.17) is 4.52 Å². The Morgan fingerprint density at radius 1 is 0.821 bits per heavy atom. The monoisotopic (exact) mass is 367 g/mol. The summed E-state index contributed by atoms with van der Waals surface area (Å²) in [5.41, 5.74) is 3.63. The summed E-state index contributed by atoms with van der Waals surface area (Å²) in [7, 11) is 0. The third kappa shape index (κ3) is 2.82. The molecule has 0 N–H and O–H groups in total. The molecule has 5 rings (SSSR count). The highest BCUT2D eigenvalue weighted by Crippen LogP contribution is 2.31. The zero-order valence-corrected chi connectivity index (χ0v) is 14.5. The van der Waals surface area contributed by atoms with Gasteiger partial charge in [0.15, 0.2) is 5.69 Å². The van der Waals surface area contributed by atoms with Crippen LogP contribution in [0.15, 0.2) is 83.8 Å². The van der Waals surface area contributed by atoms with Crippen LogP contribution in [0.3, 0.4) is 0 Å². The minimum absolute atomic E-state index is 0.325. The number of nitrogens with zero attached hydrogens (tertiary/aromatic N) is 7. The highest BCUT2D eigenvalue weighted by Gasteiger charge is 2.22. The molecule has 0 aliphatic rings. The molecule has 0 aliphatic heterocycles. The molecule has 0 saturated heterocycles. The standard InChI is InChI=1S/C20H13N7O/c1-2-6-15(7-3-1)27-18(14-9-12-21-13-10-14)17(24-26-27)19-23-20(28-25-19)16-8-4-5-11-22-16/h1-13H. The van der Waals surface area contributed by atoms with Gasteiger partial charge in [0, 0.05) is 24.2 Å². The largest absolute Gasteiger partial charge is 0.332 e. The van der Waals surface area contributed by atoms with Gasteiger partial charge in [0.05, 0.1) is 5.69 Å². The molecule has 5 aromatic rings. The van der Waals surface area contributed by atoms with Crippen LogP contribution in [0, 0.1) is 0 Å². The fraction of sp³-hybridized carbons (Fsp3) is 0. The maximum atomic E-state index is 5.40. The van der Waals surface area contributed by atoms with E-state index in [1.165, 1.54) is 0 Å². The van der Waals surface area contributed by atoms with Crippen molar-refractivity contribution in [2.45, 2.75) is 0 Å². The molecule has 0 radical (unpaired) electrons. The molecule has 0 atom stereocenters. The molecule has 0 saturated carbocycles. The van der Waals surface area contributed by atoms with E-state index in [-0.39, 0.29) is 0 Å². The van der Waals surface area contributed by atoms with Crippen LogP contribution in [0.2, 0.25) is 0 Å². The smallest absolute Gasteiger partial charge is 0.276 e. The van der Waals surface area contributed by atoms with Gasteiger partial charge in [-0.3, -0.25) is 9.97 Å². The molecule has 0 fully saturated rings. The molecule has 0 aliphatic carbocycles. The van der Waals surface area contributed by atoms with Crippen LogP contribution >= 0.6 is 0 Å². The van der Waals surface area contributed by atoms with Crippen LogP contribution in [0.4, 0.5) is 0 Å². The normalized spacial score (nSPS) is 10.9. The van der Waals surface area contributed by atoms with Gasteiger partial charge >= 0.3 is 0 Å². The Hall–Kier alpha value is -4.20. The van der Waals surface area contributed by atoms with Gasteiger partial charge in [-0.05, 0) is 36.4 Å². The maximum absolute atomic E-state index is 5.40. The van der Waals surface area contributed by atoms with Crippen molar-refractivity contribution < 1.29 is 4.52 Å². The molecule has 4 heterocycles. The molecule has 0 amide bonds. The van der Waals surface area contributed by atoms with Crippen LogP contribution < -0.4 is 0 Å². The predicted octanol–water partition coefficient (Wildman–Crippen LogP) is 3.44. The summed E-state index contributed by atoms with van der Waals surface area (Å²) in [6.45, 7) is 0. The van der Waals surface area contributed by atoms with E-state index in [2.05, 4.69) is 30.4 Å². The van der Waals surface area contributed by atoms with Crippen LogP contribution in [-0.2, 0) is 0 Å². The van der Waals surface area contributed by atoms with E-state index < -0.39 is 0 Å². The van der Waals surface area contributed by atoms with Gasteiger partial charge in [0.2, 0.25) is 5.82 Å². The Labute approximate surface area is 159 Å². The average Bonchev–Trinajstić information content (AvgIpc) is 3.43. The van der Waals surface area contributed by atoms with Crippen molar-refractivity contribution in [3.8, 4) is 40.0 Å². The molecule has 28 heavy (non-hydrogen) atoms. The Bertz CT molecular complexity index is 1200. The molecule has 0 unspecified atom stereocenters. The van der Waals surface area contributed by atoms with Gasteiger partial charge in [-0.15, -0.1) is 5.10 Å². The van der Waals surface area contributed by atoms with Crippen molar-refractivity contribution in [3.05, 3.63) is 79.3 Å². The Kier molecular flexibility index (Phi) is 3.91. The second-order valence-electron chi connectivity index (χ2n) is 5.91. The second kappa shape index (κ2) is 6.84. The minimum atomic E-state index is 0.325. The van der Waals surface area contributed by atoms with E-state index in [0.717, 1.165) is 16.9 Å². The van der Waals surface area contributed by atoms with Crippen molar-refractivity contribution in [3.63, 3.8) is 0 Å². The van der Waals surface area contributed by atoms with Crippen LogP contribution in [0.1, 0.15) is 0 Å². The molecule has 8 heteroatoms. The van der Waals surface area contributed by atoms with Crippen molar-refractivity contribution in [1.82, 2.24) is 35.1 Å². The highest BCUT2D eigenvalue weighted by atomic mass is 16.5.